The molecule has 21 heavy (non-hydrogen) atoms. The van der Waals surface area contributed by atoms with Crippen molar-refractivity contribution in [1.29, 1.82) is 0 Å². The zero-order valence-corrected chi connectivity index (χ0v) is 13.4. The van der Waals surface area contributed by atoms with E-state index in [1.165, 1.54) is 6.07 Å². The van der Waals surface area contributed by atoms with Crippen molar-refractivity contribution in [3.05, 3.63) is 63.1 Å². The number of halogens is 5. The highest BCUT2D eigenvalue weighted by Crippen LogP contribution is 2.35. The lowest BCUT2D eigenvalue weighted by atomic mass is 10.1. The van der Waals surface area contributed by atoms with Crippen molar-refractivity contribution < 1.29 is 13.2 Å². The number of nitrogens with one attached hydrogen (secondary N) is 1. The Morgan fingerprint density at radius 3 is 2.43 bits per heavy atom. The summed E-state index contributed by atoms with van der Waals surface area (Å²) >= 11 is 9.40. The van der Waals surface area contributed by atoms with Gasteiger partial charge in [0.2, 0.25) is 0 Å². The van der Waals surface area contributed by atoms with Crippen molar-refractivity contribution in [3.63, 3.8) is 0 Å². The number of alkyl halides is 3. The molecule has 2 rings (SSSR count). The summed E-state index contributed by atoms with van der Waals surface area (Å²) in [6.07, 6.45) is -4.39. The van der Waals surface area contributed by atoms with E-state index in [0.29, 0.717) is 0 Å². The number of benzene rings is 2. The van der Waals surface area contributed by atoms with Gasteiger partial charge >= 0.3 is 6.18 Å². The molecule has 1 unspecified atom stereocenters. The van der Waals surface area contributed by atoms with E-state index in [9.17, 15) is 13.2 Å². The highest BCUT2D eigenvalue weighted by atomic mass is 79.9. The fourth-order valence-electron chi connectivity index (χ4n) is 1.95. The average Bonchev–Trinajstić information content (AvgIpc) is 2.40. The van der Waals surface area contributed by atoms with Crippen molar-refractivity contribution in [2.24, 2.45) is 0 Å². The lowest BCUT2D eigenvalue weighted by Gasteiger charge is -2.19. The summed E-state index contributed by atoms with van der Waals surface area (Å²) in [5, 5.41) is 3.27. The minimum Gasteiger partial charge on any atom is -0.377 e. The maximum atomic E-state index is 12.7. The van der Waals surface area contributed by atoms with Crippen LogP contribution < -0.4 is 5.32 Å². The SMILES string of the molecule is CC(Nc1cc(C(F)(F)F)ccc1Cl)c1ccccc1Br. The molecule has 2 aromatic rings. The van der Waals surface area contributed by atoms with E-state index in [1.807, 2.05) is 31.2 Å². The molecule has 0 saturated heterocycles. The maximum absolute atomic E-state index is 12.7. The number of anilines is 1. The Bertz CT molecular complexity index is 643. The van der Waals surface area contributed by atoms with Gasteiger partial charge in [0.25, 0.3) is 0 Å². The highest BCUT2D eigenvalue weighted by molar-refractivity contribution is 9.10. The smallest absolute Gasteiger partial charge is 0.377 e. The molecule has 0 amide bonds. The zero-order valence-electron chi connectivity index (χ0n) is 11.0. The van der Waals surface area contributed by atoms with E-state index in [1.54, 1.807) is 0 Å². The minimum atomic E-state index is -4.39. The third kappa shape index (κ3) is 3.92. The van der Waals surface area contributed by atoms with E-state index in [0.717, 1.165) is 22.2 Å². The molecule has 112 valence electrons. The van der Waals surface area contributed by atoms with Crippen LogP contribution in [0.2, 0.25) is 5.02 Å². The van der Waals surface area contributed by atoms with Crippen LogP contribution in [0.15, 0.2) is 46.9 Å². The van der Waals surface area contributed by atoms with Gasteiger partial charge in [-0.3, -0.25) is 0 Å². The first-order valence-electron chi connectivity index (χ1n) is 6.16. The van der Waals surface area contributed by atoms with Gasteiger partial charge in [-0.1, -0.05) is 45.7 Å². The van der Waals surface area contributed by atoms with E-state index in [4.69, 9.17) is 11.6 Å². The standard InChI is InChI=1S/C15H12BrClF3N/c1-9(11-4-2-3-5-12(11)16)21-14-8-10(15(18,19)20)6-7-13(14)17/h2-9,21H,1H3. The Hall–Kier alpha value is -1.20. The van der Waals surface area contributed by atoms with Crippen LogP contribution in [-0.4, -0.2) is 0 Å². The van der Waals surface area contributed by atoms with Crippen molar-refractivity contribution in [3.8, 4) is 0 Å². The molecule has 1 N–H and O–H groups in total. The number of hydrogen-bond acceptors (Lipinski definition) is 1. The Labute approximate surface area is 134 Å². The van der Waals surface area contributed by atoms with Crippen LogP contribution >= 0.6 is 27.5 Å². The summed E-state index contributed by atoms with van der Waals surface area (Å²) in [4.78, 5) is 0. The van der Waals surface area contributed by atoms with Gasteiger partial charge in [0.15, 0.2) is 0 Å². The number of hydrogen-bond donors (Lipinski definition) is 1. The molecule has 1 nitrogen and oxygen atoms in total. The van der Waals surface area contributed by atoms with Gasteiger partial charge in [0.05, 0.1) is 16.3 Å². The summed E-state index contributed by atoms with van der Waals surface area (Å²) in [5.41, 5.74) is 0.467. The van der Waals surface area contributed by atoms with Gasteiger partial charge in [0, 0.05) is 10.5 Å². The molecule has 2 aromatic carbocycles. The first-order chi connectivity index (χ1) is 9.79. The lowest BCUT2D eigenvalue weighted by molar-refractivity contribution is -0.137. The van der Waals surface area contributed by atoms with Crippen molar-refractivity contribution in [2.45, 2.75) is 19.1 Å². The molecular weight excluding hydrogens is 367 g/mol. The van der Waals surface area contributed by atoms with Crippen LogP contribution in [0.1, 0.15) is 24.1 Å². The molecule has 0 aliphatic heterocycles. The largest absolute Gasteiger partial charge is 0.416 e. The van der Waals surface area contributed by atoms with Gasteiger partial charge in [-0.25, -0.2) is 0 Å². The molecule has 0 radical (unpaired) electrons. The van der Waals surface area contributed by atoms with E-state index in [-0.39, 0.29) is 16.8 Å². The monoisotopic (exact) mass is 377 g/mol. The Kier molecular flexibility index (Phi) is 4.84. The van der Waals surface area contributed by atoms with E-state index >= 15 is 0 Å². The molecule has 1 atom stereocenters. The Morgan fingerprint density at radius 2 is 1.81 bits per heavy atom. The third-order valence-electron chi connectivity index (χ3n) is 3.04. The van der Waals surface area contributed by atoms with Crippen LogP contribution in [0, 0.1) is 0 Å². The Morgan fingerprint density at radius 1 is 1.14 bits per heavy atom. The second-order valence-corrected chi connectivity index (χ2v) is 5.84. The molecule has 0 aromatic heterocycles. The van der Waals surface area contributed by atoms with Crippen LogP contribution in [0.4, 0.5) is 18.9 Å². The first kappa shape index (κ1) is 16.2. The number of rotatable bonds is 3. The predicted molar refractivity (Wildman–Crippen MR) is 82.6 cm³/mol. The molecule has 0 aliphatic carbocycles. The van der Waals surface area contributed by atoms with Crippen molar-refractivity contribution in [1.82, 2.24) is 0 Å². The van der Waals surface area contributed by atoms with Crippen LogP contribution in [0.3, 0.4) is 0 Å². The van der Waals surface area contributed by atoms with Gasteiger partial charge < -0.3 is 5.32 Å². The molecule has 0 aliphatic rings. The van der Waals surface area contributed by atoms with Crippen molar-refractivity contribution >= 4 is 33.2 Å². The van der Waals surface area contributed by atoms with E-state index in [2.05, 4.69) is 21.2 Å². The van der Waals surface area contributed by atoms with Crippen LogP contribution in [0.5, 0.6) is 0 Å². The molecule has 0 heterocycles. The van der Waals surface area contributed by atoms with Gasteiger partial charge in [0.1, 0.15) is 0 Å². The summed E-state index contributed by atoms with van der Waals surface area (Å²) in [6, 6.07) is 10.6. The molecule has 0 fully saturated rings. The fourth-order valence-corrected chi connectivity index (χ4v) is 2.75. The minimum absolute atomic E-state index is 0.193. The second-order valence-electron chi connectivity index (χ2n) is 4.58. The van der Waals surface area contributed by atoms with Gasteiger partial charge in [-0.05, 0) is 36.8 Å². The zero-order chi connectivity index (χ0) is 15.6. The average molecular weight is 379 g/mol. The van der Waals surface area contributed by atoms with Gasteiger partial charge in [-0.15, -0.1) is 0 Å². The molecule has 0 spiro atoms. The summed E-state index contributed by atoms with van der Waals surface area (Å²) in [5.74, 6) is 0. The molecular formula is C15H12BrClF3N. The molecule has 0 saturated carbocycles. The maximum Gasteiger partial charge on any atom is 0.416 e. The molecule has 6 heteroatoms. The summed E-state index contributed by atoms with van der Waals surface area (Å²) in [7, 11) is 0. The second kappa shape index (κ2) is 6.28. The van der Waals surface area contributed by atoms with Crippen LogP contribution in [-0.2, 0) is 6.18 Å². The van der Waals surface area contributed by atoms with Gasteiger partial charge in [-0.2, -0.15) is 13.2 Å². The third-order valence-corrected chi connectivity index (χ3v) is 4.09. The highest BCUT2D eigenvalue weighted by Gasteiger charge is 2.31. The predicted octanol–water partition coefficient (Wildman–Crippen LogP) is 6.29. The summed E-state index contributed by atoms with van der Waals surface area (Å²) in [6.45, 7) is 1.86. The lowest BCUT2D eigenvalue weighted by Crippen LogP contribution is -2.10. The fraction of sp³-hybridized carbons (Fsp3) is 0.200. The molecule has 0 bridgehead atoms. The normalized spacial score (nSPS) is 13.0. The topological polar surface area (TPSA) is 12.0 Å². The summed E-state index contributed by atoms with van der Waals surface area (Å²) < 4.78 is 39.1. The quantitative estimate of drug-likeness (QED) is 0.661. The first-order valence-corrected chi connectivity index (χ1v) is 7.34. The Balaban J connectivity index is 2.29. The van der Waals surface area contributed by atoms with Crippen molar-refractivity contribution in [2.75, 3.05) is 5.32 Å². The van der Waals surface area contributed by atoms with E-state index < -0.39 is 11.7 Å². The van der Waals surface area contributed by atoms with Crippen LogP contribution in [0.25, 0.3) is 0 Å².